The van der Waals surface area contributed by atoms with Crippen molar-refractivity contribution >= 4 is 11.3 Å². The van der Waals surface area contributed by atoms with Gasteiger partial charge in [0.25, 0.3) is 0 Å². The van der Waals surface area contributed by atoms with Crippen molar-refractivity contribution in [3.63, 3.8) is 0 Å². The Bertz CT molecular complexity index is 395. The van der Waals surface area contributed by atoms with Crippen molar-refractivity contribution in [3.05, 3.63) is 15.6 Å². The summed E-state index contributed by atoms with van der Waals surface area (Å²) in [4.78, 5) is 6.29. The maximum atomic E-state index is 4.89. The van der Waals surface area contributed by atoms with Gasteiger partial charge in [-0.2, -0.15) is 0 Å². The van der Waals surface area contributed by atoms with Gasteiger partial charge in [-0.1, -0.05) is 26.7 Å². The highest BCUT2D eigenvalue weighted by Gasteiger charge is 2.36. The van der Waals surface area contributed by atoms with Gasteiger partial charge in [0.05, 0.1) is 11.2 Å². The van der Waals surface area contributed by atoms with Crippen molar-refractivity contribution in [3.8, 4) is 0 Å². The molecule has 1 N–H and O–H groups in total. The van der Waals surface area contributed by atoms with E-state index in [-0.39, 0.29) is 5.54 Å². The maximum Gasteiger partial charge on any atom is 0.113 e. The molecule has 1 atom stereocenters. The lowest BCUT2D eigenvalue weighted by atomic mass is 9.95. The number of hydrogen-bond acceptors (Lipinski definition) is 3. The minimum atomic E-state index is 0.0972. The maximum absolute atomic E-state index is 4.89. The van der Waals surface area contributed by atoms with Gasteiger partial charge in [0.2, 0.25) is 0 Å². The third-order valence-electron chi connectivity index (χ3n) is 3.86. The number of nitrogens with one attached hydrogen (secondary N) is 1. The summed E-state index contributed by atoms with van der Waals surface area (Å²) < 4.78 is 0. The summed E-state index contributed by atoms with van der Waals surface area (Å²) in [7, 11) is 0. The van der Waals surface area contributed by atoms with Gasteiger partial charge >= 0.3 is 0 Å². The molecule has 1 heterocycles. The lowest BCUT2D eigenvalue weighted by Gasteiger charge is -2.29. The van der Waals surface area contributed by atoms with Crippen LogP contribution in [-0.2, 0) is 12.0 Å². The summed E-state index contributed by atoms with van der Waals surface area (Å²) >= 11 is 1.89. The van der Waals surface area contributed by atoms with Gasteiger partial charge in [-0.15, -0.1) is 11.3 Å². The zero-order valence-electron chi connectivity index (χ0n) is 12.2. The number of hydrogen-bond donors (Lipinski definition) is 1. The first-order valence-electron chi connectivity index (χ1n) is 7.31. The van der Waals surface area contributed by atoms with Crippen LogP contribution in [0.2, 0.25) is 0 Å². The molecular formula is C15H26N2S. The number of aryl methyl sites for hydroxylation is 2. The van der Waals surface area contributed by atoms with Crippen LogP contribution in [0.25, 0.3) is 0 Å². The van der Waals surface area contributed by atoms with Crippen LogP contribution in [0.1, 0.15) is 62.0 Å². The van der Waals surface area contributed by atoms with E-state index in [1.165, 1.54) is 41.3 Å². The second kappa shape index (κ2) is 5.70. The molecule has 1 aromatic rings. The third-order valence-corrected chi connectivity index (χ3v) is 5.14. The molecule has 1 aliphatic rings. The Kier molecular flexibility index (Phi) is 4.44. The van der Waals surface area contributed by atoms with Crippen molar-refractivity contribution in [1.82, 2.24) is 10.3 Å². The topological polar surface area (TPSA) is 24.9 Å². The van der Waals surface area contributed by atoms with Crippen LogP contribution in [0.15, 0.2) is 0 Å². The lowest BCUT2D eigenvalue weighted by molar-refractivity contribution is 0.321. The highest BCUT2D eigenvalue weighted by Crippen LogP contribution is 2.42. The van der Waals surface area contributed by atoms with Gasteiger partial charge in [0.1, 0.15) is 5.01 Å². The van der Waals surface area contributed by atoms with E-state index in [0.29, 0.717) is 0 Å². The molecule has 1 aliphatic carbocycles. The van der Waals surface area contributed by atoms with Crippen LogP contribution >= 0.6 is 11.3 Å². The monoisotopic (exact) mass is 266 g/mol. The number of nitrogens with zero attached hydrogens (tertiary/aromatic N) is 1. The van der Waals surface area contributed by atoms with E-state index >= 15 is 0 Å². The number of rotatable bonds is 7. The lowest BCUT2D eigenvalue weighted by Crippen LogP contribution is -2.40. The summed E-state index contributed by atoms with van der Waals surface area (Å²) in [5.41, 5.74) is 1.38. The van der Waals surface area contributed by atoms with E-state index in [1.54, 1.807) is 0 Å². The summed E-state index contributed by atoms with van der Waals surface area (Å²) in [6.45, 7) is 10.1. The summed E-state index contributed by atoms with van der Waals surface area (Å²) in [5.74, 6) is 0.925. The Morgan fingerprint density at radius 1 is 1.39 bits per heavy atom. The molecule has 2 nitrogen and oxygen atoms in total. The standard InChI is InChI=1S/C15H26N2S/c1-5-9-16-15(4,10-12-7-8-12)14-17-13(6-2)11(3)18-14/h12,16H,5-10H2,1-4H3. The molecule has 0 radical (unpaired) electrons. The summed E-state index contributed by atoms with van der Waals surface area (Å²) in [6, 6.07) is 0. The van der Waals surface area contributed by atoms with E-state index in [4.69, 9.17) is 4.98 Å². The van der Waals surface area contributed by atoms with Crippen molar-refractivity contribution in [1.29, 1.82) is 0 Å². The molecular weight excluding hydrogens is 240 g/mol. The van der Waals surface area contributed by atoms with Crippen molar-refractivity contribution in [2.75, 3.05) is 6.54 Å². The second-order valence-corrected chi connectivity index (χ2v) is 6.99. The highest BCUT2D eigenvalue weighted by molar-refractivity contribution is 7.11. The molecule has 0 aromatic carbocycles. The fourth-order valence-corrected chi connectivity index (χ4v) is 3.66. The third kappa shape index (κ3) is 3.12. The summed E-state index contributed by atoms with van der Waals surface area (Å²) in [5, 5.41) is 5.05. The molecule has 0 amide bonds. The molecule has 102 valence electrons. The van der Waals surface area contributed by atoms with Gasteiger partial charge in [0, 0.05) is 4.88 Å². The van der Waals surface area contributed by atoms with Gasteiger partial charge in [0.15, 0.2) is 0 Å². The van der Waals surface area contributed by atoms with Crippen LogP contribution < -0.4 is 5.32 Å². The van der Waals surface area contributed by atoms with E-state index in [9.17, 15) is 0 Å². The van der Waals surface area contributed by atoms with Crippen molar-refractivity contribution in [2.24, 2.45) is 5.92 Å². The van der Waals surface area contributed by atoms with Crippen LogP contribution in [0.3, 0.4) is 0 Å². The minimum absolute atomic E-state index is 0.0972. The Morgan fingerprint density at radius 3 is 2.61 bits per heavy atom. The number of thiazole rings is 1. The largest absolute Gasteiger partial charge is 0.306 e. The zero-order chi connectivity index (χ0) is 13.2. The van der Waals surface area contributed by atoms with Crippen LogP contribution in [0, 0.1) is 12.8 Å². The first kappa shape index (κ1) is 14.0. The summed E-state index contributed by atoms with van der Waals surface area (Å²) in [6.07, 6.45) is 6.31. The molecule has 0 spiro atoms. The quantitative estimate of drug-likeness (QED) is 0.806. The van der Waals surface area contributed by atoms with E-state index in [2.05, 4.69) is 33.0 Å². The Labute approximate surface area is 115 Å². The number of aromatic nitrogens is 1. The fraction of sp³-hybridized carbons (Fsp3) is 0.800. The Hall–Kier alpha value is -0.410. The zero-order valence-corrected chi connectivity index (χ0v) is 13.0. The molecule has 1 fully saturated rings. The molecule has 0 aliphatic heterocycles. The molecule has 0 saturated heterocycles. The highest BCUT2D eigenvalue weighted by atomic mass is 32.1. The average Bonchev–Trinajstić information content (AvgIpc) is 3.07. The fourth-order valence-electron chi connectivity index (χ4n) is 2.53. The smallest absolute Gasteiger partial charge is 0.113 e. The first-order chi connectivity index (χ1) is 8.59. The Morgan fingerprint density at radius 2 is 2.11 bits per heavy atom. The van der Waals surface area contributed by atoms with Gasteiger partial charge in [-0.25, -0.2) is 4.98 Å². The molecule has 1 saturated carbocycles. The first-order valence-corrected chi connectivity index (χ1v) is 8.12. The van der Waals surface area contributed by atoms with Gasteiger partial charge in [-0.05, 0) is 45.6 Å². The second-order valence-electron chi connectivity index (χ2n) is 5.78. The van der Waals surface area contributed by atoms with Gasteiger partial charge < -0.3 is 5.32 Å². The van der Waals surface area contributed by atoms with Crippen LogP contribution in [-0.4, -0.2) is 11.5 Å². The molecule has 1 unspecified atom stereocenters. The molecule has 2 rings (SSSR count). The van der Waals surface area contributed by atoms with Crippen LogP contribution in [0.4, 0.5) is 0 Å². The SMILES string of the molecule is CCCNC(C)(CC1CC1)c1nc(CC)c(C)s1. The molecule has 0 bridgehead atoms. The van der Waals surface area contributed by atoms with E-state index < -0.39 is 0 Å². The normalized spacial score (nSPS) is 18.9. The van der Waals surface area contributed by atoms with Crippen molar-refractivity contribution in [2.45, 2.75) is 65.3 Å². The van der Waals surface area contributed by atoms with E-state index in [0.717, 1.165) is 18.9 Å². The van der Waals surface area contributed by atoms with E-state index in [1.807, 2.05) is 11.3 Å². The predicted molar refractivity (Wildman–Crippen MR) is 79.2 cm³/mol. The molecule has 3 heteroatoms. The molecule has 18 heavy (non-hydrogen) atoms. The Balaban J connectivity index is 2.19. The predicted octanol–water partition coefficient (Wildman–Crippen LogP) is 4.03. The van der Waals surface area contributed by atoms with Crippen molar-refractivity contribution < 1.29 is 0 Å². The van der Waals surface area contributed by atoms with Gasteiger partial charge in [-0.3, -0.25) is 0 Å². The average molecular weight is 266 g/mol. The molecule has 1 aromatic heterocycles. The van der Waals surface area contributed by atoms with Crippen LogP contribution in [0.5, 0.6) is 0 Å². The minimum Gasteiger partial charge on any atom is -0.306 e.